The highest BCUT2D eigenvalue weighted by atomic mass is 16.5. The molecule has 0 bridgehead atoms. The van der Waals surface area contributed by atoms with Crippen molar-refractivity contribution in [1.29, 1.82) is 0 Å². The molecule has 0 aliphatic carbocycles. The summed E-state index contributed by atoms with van der Waals surface area (Å²) in [6, 6.07) is 14.2. The van der Waals surface area contributed by atoms with Crippen LogP contribution >= 0.6 is 0 Å². The Balaban J connectivity index is 1.44. The molecule has 33 heavy (non-hydrogen) atoms. The number of aromatic nitrogens is 4. The third kappa shape index (κ3) is 3.73. The molecule has 5 rings (SSSR count). The second-order valence-electron chi connectivity index (χ2n) is 7.62. The summed E-state index contributed by atoms with van der Waals surface area (Å²) in [5.41, 5.74) is 1.60. The van der Waals surface area contributed by atoms with Crippen molar-refractivity contribution in [2.24, 2.45) is 7.05 Å². The van der Waals surface area contributed by atoms with Gasteiger partial charge in [-0.1, -0.05) is 24.3 Å². The first-order chi connectivity index (χ1) is 16.0. The van der Waals surface area contributed by atoms with E-state index in [2.05, 4.69) is 15.3 Å². The van der Waals surface area contributed by atoms with E-state index in [0.29, 0.717) is 22.7 Å². The van der Waals surface area contributed by atoms with Crippen molar-refractivity contribution in [3.05, 3.63) is 89.0 Å². The van der Waals surface area contributed by atoms with Gasteiger partial charge in [0.05, 0.1) is 13.4 Å². The van der Waals surface area contributed by atoms with Crippen LogP contribution in [0, 0.1) is 0 Å². The molecule has 0 radical (unpaired) electrons. The minimum atomic E-state index is -0.512. The fourth-order valence-electron chi connectivity index (χ4n) is 3.84. The molecule has 9 heteroatoms. The summed E-state index contributed by atoms with van der Waals surface area (Å²) >= 11 is 0. The third-order valence-electron chi connectivity index (χ3n) is 5.54. The standard InChI is InChI=1S/C24H21N5O4/c1-28-12-11-25-23(28)20(15-7-9-16(32-2)10-8-15)27-19(30)13-29-14-26-21-17-5-3-4-6-18(17)33-22(21)24(29)31/h3-12,14,20H,13H2,1-2H3,(H,27,30)/t20-/m0/s1. The lowest BCUT2D eigenvalue weighted by Gasteiger charge is -2.19. The molecule has 166 valence electrons. The van der Waals surface area contributed by atoms with Gasteiger partial charge in [-0.2, -0.15) is 0 Å². The van der Waals surface area contributed by atoms with Gasteiger partial charge in [-0.05, 0) is 29.8 Å². The lowest BCUT2D eigenvalue weighted by molar-refractivity contribution is -0.122. The number of fused-ring (bicyclic) bond motifs is 3. The first-order valence-corrected chi connectivity index (χ1v) is 10.3. The molecule has 0 aliphatic rings. The van der Waals surface area contributed by atoms with E-state index in [1.807, 2.05) is 60.3 Å². The first kappa shape index (κ1) is 20.5. The number of nitrogens with one attached hydrogen (secondary N) is 1. The van der Waals surface area contributed by atoms with Crippen molar-refractivity contribution in [3.8, 4) is 5.75 Å². The average Bonchev–Trinajstić information content (AvgIpc) is 3.43. The molecular weight excluding hydrogens is 422 g/mol. The van der Waals surface area contributed by atoms with Gasteiger partial charge in [0.15, 0.2) is 0 Å². The van der Waals surface area contributed by atoms with Gasteiger partial charge in [0, 0.05) is 24.8 Å². The second kappa shape index (κ2) is 8.27. The predicted molar refractivity (Wildman–Crippen MR) is 122 cm³/mol. The summed E-state index contributed by atoms with van der Waals surface area (Å²) in [6.45, 7) is -0.212. The number of aryl methyl sites for hydroxylation is 1. The van der Waals surface area contributed by atoms with E-state index in [1.54, 1.807) is 19.4 Å². The maximum Gasteiger partial charge on any atom is 0.297 e. The molecule has 5 aromatic rings. The zero-order chi connectivity index (χ0) is 22.9. The van der Waals surface area contributed by atoms with E-state index in [4.69, 9.17) is 9.15 Å². The van der Waals surface area contributed by atoms with Crippen molar-refractivity contribution in [3.63, 3.8) is 0 Å². The van der Waals surface area contributed by atoms with Crippen LogP contribution in [0.4, 0.5) is 0 Å². The minimum Gasteiger partial charge on any atom is -0.497 e. The number of hydrogen-bond donors (Lipinski definition) is 1. The zero-order valence-electron chi connectivity index (χ0n) is 18.1. The predicted octanol–water partition coefficient (Wildman–Crippen LogP) is 2.79. The Labute approximate surface area is 188 Å². The number of amides is 1. The number of methoxy groups -OCH3 is 1. The van der Waals surface area contributed by atoms with Crippen molar-refractivity contribution < 1.29 is 13.9 Å². The van der Waals surface area contributed by atoms with E-state index >= 15 is 0 Å². The number of furan rings is 1. The van der Waals surface area contributed by atoms with Crippen LogP contribution < -0.4 is 15.6 Å². The smallest absolute Gasteiger partial charge is 0.297 e. The third-order valence-corrected chi connectivity index (χ3v) is 5.54. The number of carbonyl (C=O) groups excluding carboxylic acids is 1. The van der Waals surface area contributed by atoms with Gasteiger partial charge < -0.3 is 19.0 Å². The molecule has 0 aliphatic heterocycles. The Morgan fingerprint density at radius 3 is 2.67 bits per heavy atom. The van der Waals surface area contributed by atoms with Gasteiger partial charge in [-0.15, -0.1) is 0 Å². The molecule has 0 fully saturated rings. The van der Waals surface area contributed by atoms with Gasteiger partial charge in [-0.25, -0.2) is 9.97 Å². The van der Waals surface area contributed by atoms with Crippen LogP contribution in [0.5, 0.6) is 5.75 Å². The fourth-order valence-corrected chi connectivity index (χ4v) is 3.84. The van der Waals surface area contributed by atoms with Crippen LogP contribution in [-0.4, -0.2) is 32.1 Å². The summed E-state index contributed by atoms with van der Waals surface area (Å²) in [5, 5.41) is 3.74. The number of ether oxygens (including phenoxy) is 1. The van der Waals surface area contributed by atoms with Crippen LogP contribution in [0.3, 0.4) is 0 Å². The Hall–Kier alpha value is -4.40. The Kier molecular flexibility index (Phi) is 5.14. The summed E-state index contributed by atoms with van der Waals surface area (Å²) in [5.74, 6) is 1.00. The van der Waals surface area contributed by atoms with Gasteiger partial charge in [0.2, 0.25) is 11.5 Å². The number of benzene rings is 2. The van der Waals surface area contributed by atoms with Crippen molar-refractivity contribution in [2.45, 2.75) is 12.6 Å². The summed E-state index contributed by atoms with van der Waals surface area (Å²) in [7, 11) is 3.45. The molecule has 0 saturated heterocycles. The van der Waals surface area contributed by atoms with E-state index < -0.39 is 11.6 Å². The van der Waals surface area contributed by atoms with Gasteiger partial charge in [-0.3, -0.25) is 14.2 Å². The second-order valence-corrected chi connectivity index (χ2v) is 7.62. The van der Waals surface area contributed by atoms with Crippen molar-refractivity contribution in [1.82, 2.24) is 24.4 Å². The lowest BCUT2D eigenvalue weighted by atomic mass is 10.1. The molecule has 1 N–H and O–H groups in total. The number of rotatable bonds is 6. The van der Waals surface area contributed by atoms with Crippen LogP contribution in [-0.2, 0) is 18.4 Å². The number of carbonyl (C=O) groups is 1. The Morgan fingerprint density at radius 1 is 1.15 bits per heavy atom. The van der Waals surface area contributed by atoms with E-state index in [0.717, 1.165) is 10.9 Å². The van der Waals surface area contributed by atoms with Crippen molar-refractivity contribution >= 4 is 28.0 Å². The molecule has 3 aromatic heterocycles. The molecular formula is C24H21N5O4. The highest BCUT2D eigenvalue weighted by molar-refractivity contribution is 6.01. The van der Waals surface area contributed by atoms with E-state index in [9.17, 15) is 9.59 Å². The Bertz CT molecular complexity index is 1510. The van der Waals surface area contributed by atoms with Crippen LogP contribution in [0.15, 0.2) is 76.5 Å². The van der Waals surface area contributed by atoms with Crippen LogP contribution in [0.25, 0.3) is 22.1 Å². The quantitative estimate of drug-likeness (QED) is 0.433. The monoisotopic (exact) mass is 443 g/mol. The molecule has 9 nitrogen and oxygen atoms in total. The minimum absolute atomic E-state index is 0.127. The average molecular weight is 443 g/mol. The summed E-state index contributed by atoms with van der Waals surface area (Å²) in [6.07, 6.45) is 4.85. The fraction of sp³-hybridized carbons (Fsp3) is 0.167. The maximum atomic E-state index is 13.0. The molecule has 2 aromatic carbocycles. The molecule has 3 heterocycles. The van der Waals surface area contributed by atoms with Gasteiger partial charge in [0.25, 0.3) is 5.56 Å². The number of nitrogens with zero attached hydrogens (tertiary/aromatic N) is 4. The highest BCUT2D eigenvalue weighted by Crippen LogP contribution is 2.25. The zero-order valence-corrected chi connectivity index (χ0v) is 18.1. The normalized spacial score (nSPS) is 12.2. The van der Waals surface area contributed by atoms with E-state index in [-0.39, 0.29) is 18.0 Å². The number of hydrogen-bond acceptors (Lipinski definition) is 6. The SMILES string of the molecule is COc1ccc([C@H](NC(=O)Cn2cnc3c(oc4ccccc43)c2=O)c2nccn2C)cc1. The largest absolute Gasteiger partial charge is 0.497 e. The molecule has 0 spiro atoms. The van der Waals surface area contributed by atoms with Crippen LogP contribution in [0.1, 0.15) is 17.4 Å². The highest BCUT2D eigenvalue weighted by Gasteiger charge is 2.22. The van der Waals surface area contributed by atoms with Crippen LogP contribution in [0.2, 0.25) is 0 Å². The first-order valence-electron chi connectivity index (χ1n) is 10.3. The Morgan fingerprint density at radius 2 is 1.94 bits per heavy atom. The topological polar surface area (TPSA) is 104 Å². The maximum absolute atomic E-state index is 13.0. The van der Waals surface area contributed by atoms with Gasteiger partial charge >= 0.3 is 0 Å². The molecule has 1 atom stereocenters. The van der Waals surface area contributed by atoms with Crippen molar-refractivity contribution in [2.75, 3.05) is 7.11 Å². The summed E-state index contributed by atoms with van der Waals surface area (Å²) < 4.78 is 14.0. The molecule has 0 saturated carbocycles. The van der Waals surface area contributed by atoms with E-state index in [1.165, 1.54) is 10.9 Å². The number of para-hydroxylation sites is 1. The lowest BCUT2D eigenvalue weighted by Crippen LogP contribution is -2.36. The summed E-state index contributed by atoms with van der Waals surface area (Å²) in [4.78, 5) is 34.7. The van der Waals surface area contributed by atoms with Gasteiger partial charge in [0.1, 0.15) is 35.3 Å². The molecule has 0 unspecified atom stereocenters. The molecule has 1 amide bonds. The number of imidazole rings is 1.